The molecule has 0 unspecified atom stereocenters. The molecule has 3 aromatic carbocycles. The van der Waals surface area contributed by atoms with Crippen molar-refractivity contribution in [1.82, 2.24) is 10.6 Å². The third-order valence-electron chi connectivity index (χ3n) is 8.56. The Balaban J connectivity index is 0.00000276. The van der Waals surface area contributed by atoms with Crippen LogP contribution in [0.25, 0.3) is 0 Å². The Kier molecular flexibility index (Phi) is 13.0. The Morgan fingerprint density at radius 3 is 2.09 bits per heavy atom. The Morgan fingerprint density at radius 1 is 0.889 bits per heavy atom. The number of carbonyl (C=O) groups is 3. The summed E-state index contributed by atoms with van der Waals surface area (Å²) < 4.78 is 5.36. The largest absolute Gasteiger partial charge is 0.444 e. The van der Waals surface area contributed by atoms with Crippen molar-refractivity contribution in [1.29, 1.82) is 5.41 Å². The van der Waals surface area contributed by atoms with Crippen LogP contribution in [0.3, 0.4) is 0 Å². The fourth-order valence-corrected chi connectivity index (χ4v) is 6.09. The Bertz CT molecular complexity index is 1420. The van der Waals surface area contributed by atoms with Crippen LogP contribution in [0.15, 0.2) is 78.9 Å². The fraction of sp³-hybridized carbons (Fsp3) is 0.353. The first-order valence-electron chi connectivity index (χ1n) is 14.9. The molecule has 3 amide bonds. The second kappa shape index (κ2) is 16.4. The van der Waals surface area contributed by atoms with Gasteiger partial charge in [-0.05, 0) is 53.1 Å². The number of hydrogen-bond donors (Lipinski definition) is 4. The van der Waals surface area contributed by atoms with Crippen molar-refractivity contribution < 1.29 is 19.1 Å². The Hall–Kier alpha value is -3.92. The molecule has 240 valence electrons. The highest BCUT2D eigenvalue weighted by Gasteiger charge is 2.46. The average Bonchev–Trinajstić information content (AvgIpc) is 3.43. The van der Waals surface area contributed by atoms with Gasteiger partial charge in [0, 0.05) is 19.4 Å². The molecule has 0 spiro atoms. The molecule has 0 bridgehead atoms. The number of rotatable bonds is 10. The highest BCUT2D eigenvalue weighted by molar-refractivity contribution is 6.04. The van der Waals surface area contributed by atoms with E-state index in [1.807, 2.05) is 54.6 Å². The topological polar surface area (TPSA) is 138 Å². The molecule has 2 aliphatic carbocycles. The molecule has 9 nitrogen and oxygen atoms in total. The van der Waals surface area contributed by atoms with Gasteiger partial charge in [0.05, 0.1) is 18.1 Å². The number of amides is 3. The third kappa shape index (κ3) is 8.63. The molecule has 1 saturated carbocycles. The maximum Gasteiger partial charge on any atom is 0.420 e. The van der Waals surface area contributed by atoms with Crippen molar-refractivity contribution >= 4 is 54.7 Å². The highest BCUT2D eigenvalue weighted by atomic mass is 35.5. The fourth-order valence-electron chi connectivity index (χ4n) is 6.09. The first kappa shape index (κ1) is 35.6. The molecule has 0 heterocycles. The van der Waals surface area contributed by atoms with Crippen molar-refractivity contribution in [2.75, 3.05) is 4.90 Å². The van der Waals surface area contributed by atoms with Crippen molar-refractivity contribution in [2.45, 2.75) is 69.7 Å². The molecular formula is C34H41Cl2N5O4. The predicted molar refractivity (Wildman–Crippen MR) is 180 cm³/mol. The predicted octanol–water partition coefficient (Wildman–Crippen LogP) is 5.46. The van der Waals surface area contributed by atoms with Gasteiger partial charge in [0.1, 0.15) is 12.1 Å². The molecule has 45 heavy (non-hydrogen) atoms. The van der Waals surface area contributed by atoms with Crippen LogP contribution in [0.4, 0.5) is 10.5 Å². The molecule has 11 heteroatoms. The number of nitrogens with two attached hydrogens (primary N) is 1. The Labute approximate surface area is 276 Å². The number of hydrogen-bond acceptors (Lipinski definition) is 6. The summed E-state index contributed by atoms with van der Waals surface area (Å²) in [6, 6.07) is 23.5. The molecule has 0 aliphatic heterocycles. The molecular weight excluding hydrogens is 613 g/mol. The number of carbonyl (C=O) groups excluding carboxylic acids is 3. The van der Waals surface area contributed by atoms with E-state index in [9.17, 15) is 14.4 Å². The van der Waals surface area contributed by atoms with Crippen LogP contribution in [0.5, 0.6) is 0 Å². The van der Waals surface area contributed by atoms with E-state index < -0.39 is 17.7 Å². The van der Waals surface area contributed by atoms with Gasteiger partial charge in [-0.2, -0.15) is 0 Å². The van der Waals surface area contributed by atoms with Crippen molar-refractivity contribution in [3.05, 3.63) is 101 Å². The van der Waals surface area contributed by atoms with Gasteiger partial charge < -0.3 is 21.1 Å². The summed E-state index contributed by atoms with van der Waals surface area (Å²) >= 11 is 0. The van der Waals surface area contributed by atoms with E-state index in [0.717, 1.165) is 59.2 Å². The number of nitrogens with one attached hydrogen (secondary N) is 3. The summed E-state index contributed by atoms with van der Waals surface area (Å²) in [6.45, 7) is 0.326. The van der Waals surface area contributed by atoms with Crippen molar-refractivity contribution in [2.24, 2.45) is 11.7 Å². The second-order valence-electron chi connectivity index (χ2n) is 11.5. The van der Waals surface area contributed by atoms with Gasteiger partial charge in [-0.1, -0.05) is 86.0 Å². The minimum absolute atomic E-state index is 0. The van der Waals surface area contributed by atoms with E-state index in [1.165, 1.54) is 6.42 Å². The number of nitrogens with zero attached hydrogens (tertiary/aromatic N) is 1. The molecule has 5 N–H and O–H groups in total. The van der Waals surface area contributed by atoms with E-state index in [0.29, 0.717) is 18.5 Å². The number of halogens is 2. The zero-order chi connectivity index (χ0) is 30.2. The SMILES string of the molecule is Cl.Cl.N=CN(C(=O)OCc1ccccc1)c1ccc(CNC(=O)C2(NC(=O)[C@H](N)C3CCCCC3)Cc3ccccc3C2)cc1. The monoisotopic (exact) mass is 653 g/mol. The smallest absolute Gasteiger partial charge is 0.420 e. The van der Waals surface area contributed by atoms with E-state index in [4.69, 9.17) is 15.9 Å². The van der Waals surface area contributed by atoms with Crippen molar-refractivity contribution in [3.8, 4) is 0 Å². The summed E-state index contributed by atoms with van der Waals surface area (Å²) in [5, 5.41) is 13.8. The van der Waals surface area contributed by atoms with Crippen LogP contribution in [0, 0.1) is 11.3 Å². The lowest BCUT2D eigenvalue weighted by molar-refractivity contribution is -0.134. The molecule has 0 saturated heterocycles. The van der Waals surface area contributed by atoms with E-state index in [2.05, 4.69) is 10.6 Å². The molecule has 3 aromatic rings. The van der Waals surface area contributed by atoms with Crippen LogP contribution in [0.2, 0.25) is 0 Å². The van der Waals surface area contributed by atoms with Crippen LogP contribution >= 0.6 is 24.8 Å². The summed E-state index contributed by atoms with van der Waals surface area (Å²) in [7, 11) is 0. The Morgan fingerprint density at radius 2 is 1.49 bits per heavy atom. The van der Waals surface area contributed by atoms with Crippen LogP contribution < -0.4 is 21.3 Å². The zero-order valence-corrected chi connectivity index (χ0v) is 26.7. The maximum absolute atomic E-state index is 13.8. The van der Waals surface area contributed by atoms with Gasteiger partial charge in [0.15, 0.2) is 0 Å². The van der Waals surface area contributed by atoms with Gasteiger partial charge in [-0.25, -0.2) is 9.69 Å². The van der Waals surface area contributed by atoms with Gasteiger partial charge in [-0.3, -0.25) is 15.0 Å². The number of ether oxygens (including phenoxy) is 1. The minimum atomic E-state index is -1.12. The summed E-state index contributed by atoms with van der Waals surface area (Å²) in [5.74, 6) is -0.403. The molecule has 0 aromatic heterocycles. The summed E-state index contributed by atoms with van der Waals surface area (Å²) in [5.41, 5.74) is 9.50. The summed E-state index contributed by atoms with van der Waals surface area (Å²) in [6.07, 6.45) is 6.24. The van der Waals surface area contributed by atoms with Crippen LogP contribution in [-0.2, 0) is 40.3 Å². The van der Waals surface area contributed by atoms with Gasteiger partial charge in [0.25, 0.3) is 0 Å². The lowest BCUT2D eigenvalue weighted by Crippen LogP contribution is -2.63. The molecule has 5 rings (SSSR count). The molecule has 0 radical (unpaired) electrons. The average molecular weight is 655 g/mol. The quantitative estimate of drug-likeness (QED) is 0.170. The van der Waals surface area contributed by atoms with Gasteiger partial charge in [-0.15, -0.1) is 24.8 Å². The summed E-state index contributed by atoms with van der Waals surface area (Å²) in [4.78, 5) is 40.9. The maximum atomic E-state index is 13.8. The van der Waals surface area contributed by atoms with Gasteiger partial charge in [0.2, 0.25) is 11.8 Å². The number of fused-ring (bicyclic) bond motifs is 1. The van der Waals surface area contributed by atoms with Crippen LogP contribution in [-0.4, -0.2) is 35.8 Å². The molecule has 1 atom stereocenters. The molecule has 2 aliphatic rings. The van der Waals surface area contributed by atoms with E-state index in [1.54, 1.807) is 24.3 Å². The highest BCUT2D eigenvalue weighted by Crippen LogP contribution is 2.32. The number of benzene rings is 3. The minimum Gasteiger partial charge on any atom is -0.444 e. The lowest BCUT2D eigenvalue weighted by Gasteiger charge is -2.33. The van der Waals surface area contributed by atoms with E-state index >= 15 is 0 Å². The van der Waals surface area contributed by atoms with Crippen LogP contribution in [0.1, 0.15) is 54.4 Å². The standard InChI is InChI=1S/C34H39N5O4.2ClH/c35-23-39(33(42)43-22-25-9-3-1-4-10-25)29-17-15-24(16-18-29)21-37-32(41)34(19-27-13-7-8-14-28(27)20-34)38-31(40)30(36)26-11-5-2-6-12-26;;/h1,3-4,7-10,13-18,23,26,30,35H,2,5-6,11-12,19-22,36H2,(H,37,41)(H,38,40);2*1H/t30-;;/m1../s1. The van der Waals surface area contributed by atoms with Crippen molar-refractivity contribution in [3.63, 3.8) is 0 Å². The lowest BCUT2D eigenvalue weighted by atomic mass is 9.83. The van der Waals surface area contributed by atoms with E-state index in [-0.39, 0.29) is 55.7 Å². The normalized spacial score (nSPS) is 15.7. The molecule has 1 fully saturated rings. The second-order valence-corrected chi connectivity index (χ2v) is 11.5. The number of anilines is 1. The first-order chi connectivity index (χ1) is 20.9. The third-order valence-corrected chi connectivity index (χ3v) is 8.56. The van der Waals surface area contributed by atoms with Gasteiger partial charge >= 0.3 is 6.09 Å². The first-order valence-corrected chi connectivity index (χ1v) is 14.9. The zero-order valence-electron chi connectivity index (χ0n) is 25.1.